The van der Waals surface area contributed by atoms with Crippen molar-refractivity contribution in [1.82, 2.24) is 4.90 Å². The zero-order valence-electron chi connectivity index (χ0n) is 16.5. The zero-order chi connectivity index (χ0) is 20.2. The van der Waals surface area contributed by atoms with Crippen molar-refractivity contribution in [2.75, 3.05) is 18.4 Å². The summed E-state index contributed by atoms with van der Waals surface area (Å²) in [5.41, 5.74) is 3.38. The van der Waals surface area contributed by atoms with Crippen molar-refractivity contribution in [2.24, 2.45) is 0 Å². The van der Waals surface area contributed by atoms with Crippen molar-refractivity contribution in [3.8, 4) is 0 Å². The molecule has 4 rings (SSSR count). The van der Waals surface area contributed by atoms with Gasteiger partial charge in [0.1, 0.15) is 12.7 Å². The number of nitrogens with one attached hydrogen (secondary N) is 1. The molecular weight excluding hydrogens is 368 g/mol. The predicted octanol–water partition coefficient (Wildman–Crippen LogP) is 3.93. The molecular formula is C23H26N2O4. The van der Waals surface area contributed by atoms with Crippen molar-refractivity contribution >= 4 is 17.7 Å². The molecule has 1 unspecified atom stereocenters. The Bertz CT molecular complexity index is 870. The number of hydrogen-bond acceptors (Lipinski definition) is 5. The summed E-state index contributed by atoms with van der Waals surface area (Å²) < 4.78 is 11.0. The number of fused-ring (bicyclic) bond motifs is 1. The predicted molar refractivity (Wildman–Crippen MR) is 110 cm³/mol. The van der Waals surface area contributed by atoms with Gasteiger partial charge in [-0.3, -0.25) is 4.79 Å². The molecule has 1 fully saturated rings. The van der Waals surface area contributed by atoms with Crippen LogP contribution < -0.4 is 5.32 Å². The summed E-state index contributed by atoms with van der Waals surface area (Å²) in [7, 11) is 0. The number of anilines is 1. The van der Waals surface area contributed by atoms with Crippen molar-refractivity contribution in [2.45, 2.75) is 44.4 Å². The van der Waals surface area contributed by atoms with E-state index in [9.17, 15) is 9.59 Å². The normalized spacial score (nSPS) is 22.7. The smallest absolute Gasteiger partial charge is 0.410 e. The first-order valence-electron chi connectivity index (χ1n) is 10.1. The molecule has 152 valence electrons. The third-order valence-electron chi connectivity index (χ3n) is 5.64. The minimum Gasteiger partial charge on any atom is -0.461 e. The molecule has 0 radical (unpaired) electrons. The molecule has 2 aliphatic rings. The highest BCUT2D eigenvalue weighted by atomic mass is 16.6. The molecule has 6 nitrogen and oxygen atoms in total. The van der Waals surface area contributed by atoms with Gasteiger partial charge in [0.2, 0.25) is 0 Å². The first-order valence-corrected chi connectivity index (χ1v) is 10.1. The fourth-order valence-corrected chi connectivity index (χ4v) is 4.34. The van der Waals surface area contributed by atoms with E-state index < -0.39 is 0 Å². The topological polar surface area (TPSA) is 67.9 Å². The Kier molecular flexibility index (Phi) is 5.69. The number of para-hydroxylation sites is 1. The van der Waals surface area contributed by atoms with Gasteiger partial charge >= 0.3 is 12.1 Å². The fraction of sp³-hybridized carbons (Fsp3) is 0.391. The second kappa shape index (κ2) is 8.55. The highest BCUT2D eigenvalue weighted by Crippen LogP contribution is 2.37. The lowest BCUT2D eigenvalue weighted by atomic mass is 9.93. The van der Waals surface area contributed by atoms with Crippen LogP contribution in [-0.2, 0) is 20.9 Å². The van der Waals surface area contributed by atoms with Gasteiger partial charge in [-0.25, -0.2) is 4.79 Å². The van der Waals surface area contributed by atoms with Gasteiger partial charge in [0.25, 0.3) is 0 Å². The van der Waals surface area contributed by atoms with Gasteiger partial charge in [0.05, 0.1) is 6.54 Å². The van der Waals surface area contributed by atoms with Crippen LogP contribution in [0.4, 0.5) is 10.5 Å². The summed E-state index contributed by atoms with van der Waals surface area (Å²) >= 11 is 0. The minimum atomic E-state index is -0.354. The molecule has 2 heterocycles. The molecule has 0 spiro atoms. The van der Waals surface area contributed by atoms with E-state index in [0.717, 1.165) is 24.2 Å². The van der Waals surface area contributed by atoms with Gasteiger partial charge in [-0.05, 0) is 23.6 Å². The summed E-state index contributed by atoms with van der Waals surface area (Å²) in [5, 5.41) is 3.44. The molecule has 2 aromatic rings. The summed E-state index contributed by atoms with van der Waals surface area (Å²) in [4.78, 5) is 26.0. The SMILES string of the molecule is CC(=O)OC1C[C@@H](C[C@@H]2CNc3ccccc32)N(C(=O)OCc2ccccc2)C1. The molecule has 2 aromatic carbocycles. The number of hydrogen-bond donors (Lipinski definition) is 1. The lowest BCUT2D eigenvalue weighted by Crippen LogP contribution is -2.37. The van der Waals surface area contributed by atoms with Gasteiger partial charge in [-0.15, -0.1) is 0 Å². The Balaban J connectivity index is 1.44. The van der Waals surface area contributed by atoms with E-state index in [1.54, 1.807) is 4.90 Å². The first-order chi connectivity index (χ1) is 14.1. The van der Waals surface area contributed by atoms with Gasteiger partial charge in [-0.1, -0.05) is 48.5 Å². The number of amides is 1. The van der Waals surface area contributed by atoms with Gasteiger partial charge in [0, 0.05) is 37.5 Å². The van der Waals surface area contributed by atoms with E-state index >= 15 is 0 Å². The van der Waals surface area contributed by atoms with Crippen LogP contribution in [0, 0.1) is 0 Å². The highest BCUT2D eigenvalue weighted by molar-refractivity contribution is 5.69. The number of rotatable bonds is 5. The second-order valence-corrected chi connectivity index (χ2v) is 7.71. The van der Waals surface area contributed by atoms with Crippen molar-refractivity contribution in [1.29, 1.82) is 0 Å². The lowest BCUT2D eigenvalue weighted by Gasteiger charge is -2.26. The standard InChI is InChI=1S/C23H26N2O4/c1-16(26)29-20-12-19(11-18-13-24-22-10-6-5-9-21(18)22)25(14-20)23(27)28-15-17-7-3-2-4-8-17/h2-10,18-20,24H,11-15H2,1H3/t18-,19-,20?/m1/s1. The molecule has 6 heteroatoms. The van der Waals surface area contributed by atoms with E-state index in [4.69, 9.17) is 9.47 Å². The molecule has 1 saturated heterocycles. The number of carbonyl (C=O) groups excluding carboxylic acids is 2. The number of likely N-dealkylation sites (tertiary alicyclic amines) is 1. The summed E-state index contributed by atoms with van der Waals surface area (Å²) in [6.07, 6.45) is 0.806. The van der Waals surface area contributed by atoms with E-state index in [-0.39, 0.29) is 30.8 Å². The Morgan fingerprint density at radius 2 is 1.86 bits per heavy atom. The molecule has 2 aliphatic heterocycles. The maximum Gasteiger partial charge on any atom is 0.410 e. The number of nitrogens with zero attached hydrogens (tertiary/aromatic N) is 1. The molecule has 0 aliphatic carbocycles. The molecule has 0 bridgehead atoms. The van der Waals surface area contributed by atoms with E-state index in [2.05, 4.69) is 17.4 Å². The third kappa shape index (κ3) is 4.53. The maximum absolute atomic E-state index is 12.8. The summed E-state index contributed by atoms with van der Waals surface area (Å²) in [6, 6.07) is 17.9. The number of carbonyl (C=O) groups is 2. The molecule has 29 heavy (non-hydrogen) atoms. The maximum atomic E-state index is 12.8. The van der Waals surface area contributed by atoms with Crippen LogP contribution in [0.25, 0.3) is 0 Å². The van der Waals surface area contributed by atoms with Crippen LogP contribution in [0.5, 0.6) is 0 Å². The van der Waals surface area contributed by atoms with Crippen LogP contribution in [-0.4, -0.2) is 42.2 Å². The van der Waals surface area contributed by atoms with Crippen LogP contribution in [0.3, 0.4) is 0 Å². The average Bonchev–Trinajstić information content (AvgIpc) is 3.31. The van der Waals surface area contributed by atoms with Crippen LogP contribution in [0.2, 0.25) is 0 Å². The summed E-state index contributed by atoms with van der Waals surface area (Å²) in [6.45, 7) is 2.86. The van der Waals surface area contributed by atoms with Crippen molar-refractivity contribution < 1.29 is 19.1 Å². The zero-order valence-corrected chi connectivity index (χ0v) is 16.5. The van der Waals surface area contributed by atoms with Crippen LogP contribution in [0.1, 0.15) is 36.8 Å². The molecule has 1 N–H and O–H groups in total. The minimum absolute atomic E-state index is 0.0272. The molecule has 1 amide bonds. The Morgan fingerprint density at radius 3 is 2.66 bits per heavy atom. The first kappa shape index (κ1) is 19.3. The van der Waals surface area contributed by atoms with Gasteiger partial charge < -0.3 is 19.7 Å². The number of esters is 1. The fourth-order valence-electron chi connectivity index (χ4n) is 4.34. The summed E-state index contributed by atoms with van der Waals surface area (Å²) in [5.74, 6) is -0.00201. The van der Waals surface area contributed by atoms with E-state index in [1.165, 1.54) is 12.5 Å². The van der Waals surface area contributed by atoms with Crippen LogP contribution in [0.15, 0.2) is 54.6 Å². The Labute approximate surface area is 170 Å². The Morgan fingerprint density at radius 1 is 1.10 bits per heavy atom. The second-order valence-electron chi connectivity index (χ2n) is 7.71. The lowest BCUT2D eigenvalue weighted by molar-refractivity contribution is -0.145. The third-order valence-corrected chi connectivity index (χ3v) is 5.64. The number of ether oxygens (including phenoxy) is 2. The van der Waals surface area contributed by atoms with Crippen molar-refractivity contribution in [3.63, 3.8) is 0 Å². The van der Waals surface area contributed by atoms with E-state index in [0.29, 0.717) is 18.9 Å². The average molecular weight is 394 g/mol. The monoisotopic (exact) mass is 394 g/mol. The molecule has 0 aromatic heterocycles. The van der Waals surface area contributed by atoms with Crippen LogP contribution >= 0.6 is 0 Å². The largest absolute Gasteiger partial charge is 0.461 e. The quantitative estimate of drug-likeness (QED) is 0.779. The van der Waals surface area contributed by atoms with Crippen molar-refractivity contribution in [3.05, 3.63) is 65.7 Å². The van der Waals surface area contributed by atoms with Gasteiger partial charge in [0.15, 0.2) is 0 Å². The van der Waals surface area contributed by atoms with E-state index in [1.807, 2.05) is 42.5 Å². The Hall–Kier alpha value is -3.02. The molecule has 0 saturated carbocycles. The van der Waals surface area contributed by atoms with Gasteiger partial charge in [-0.2, -0.15) is 0 Å². The highest BCUT2D eigenvalue weighted by Gasteiger charge is 2.40. The number of benzene rings is 2. The molecule has 3 atom stereocenters.